The van der Waals surface area contributed by atoms with Gasteiger partial charge in [-0.3, -0.25) is 4.98 Å². The van der Waals surface area contributed by atoms with Crippen LogP contribution in [0.15, 0.2) is 79.0 Å². The third-order valence-corrected chi connectivity index (χ3v) is 6.44. The van der Waals surface area contributed by atoms with E-state index in [1.165, 1.54) is 0 Å². The van der Waals surface area contributed by atoms with Gasteiger partial charge in [0, 0.05) is 29.0 Å². The molecule has 3 N–H and O–H groups in total. The van der Waals surface area contributed by atoms with E-state index in [1.54, 1.807) is 30.5 Å². The maximum absolute atomic E-state index is 9.81. The van der Waals surface area contributed by atoms with E-state index < -0.39 is 0 Å². The van der Waals surface area contributed by atoms with Gasteiger partial charge in [0.2, 0.25) is 0 Å². The highest BCUT2D eigenvalue weighted by Crippen LogP contribution is 2.44. The lowest BCUT2D eigenvalue weighted by molar-refractivity contribution is 0.474. The number of aromatic nitrogens is 2. The zero-order chi connectivity index (χ0) is 23.1. The van der Waals surface area contributed by atoms with Crippen LogP contribution in [0.4, 0.5) is 5.69 Å². The predicted octanol–water partition coefficient (Wildman–Crippen LogP) is 5.08. The van der Waals surface area contributed by atoms with Crippen LogP contribution in [0, 0.1) is 13.8 Å². The maximum atomic E-state index is 9.81. The molecule has 33 heavy (non-hydrogen) atoms. The number of aryl methyl sites for hydroxylation is 1. The van der Waals surface area contributed by atoms with Gasteiger partial charge in [-0.2, -0.15) is 0 Å². The Morgan fingerprint density at radius 1 is 0.879 bits per heavy atom. The van der Waals surface area contributed by atoms with Crippen LogP contribution in [0.5, 0.6) is 11.5 Å². The largest absolute Gasteiger partial charge is 0.508 e. The van der Waals surface area contributed by atoms with E-state index in [4.69, 9.17) is 12.2 Å². The smallest absolute Gasteiger partial charge is 0.174 e. The molecule has 0 amide bonds. The maximum Gasteiger partial charge on any atom is 0.174 e. The third kappa shape index (κ3) is 3.70. The molecule has 1 aliphatic heterocycles. The second-order valence-corrected chi connectivity index (χ2v) is 8.58. The minimum Gasteiger partial charge on any atom is -0.508 e. The fraction of sp³-hybridized carbons (Fsp3) is 0.154. The summed E-state index contributed by atoms with van der Waals surface area (Å²) in [5, 5.41) is 23.6. The minimum absolute atomic E-state index is 0.144. The van der Waals surface area contributed by atoms with Gasteiger partial charge in [-0.15, -0.1) is 0 Å². The Bertz CT molecular complexity index is 1300. The molecule has 5 rings (SSSR count). The lowest BCUT2D eigenvalue weighted by Gasteiger charge is -2.28. The molecule has 6 nitrogen and oxygen atoms in total. The molecule has 1 fully saturated rings. The number of phenolic OH excluding ortho intramolecular Hbond substituents is 2. The molecule has 2 aromatic heterocycles. The second kappa shape index (κ2) is 8.26. The van der Waals surface area contributed by atoms with Crippen LogP contribution >= 0.6 is 12.2 Å². The zero-order valence-electron chi connectivity index (χ0n) is 18.3. The average molecular weight is 457 g/mol. The van der Waals surface area contributed by atoms with E-state index in [0.717, 1.165) is 34.0 Å². The van der Waals surface area contributed by atoms with E-state index in [-0.39, 0.29) is 23.6 Å². The Balaban J connectivity index is 1.67. The summed E-state index contributed by atoms with van der Waals surface area (Å²) < 4.78 is 2.18. The standard InChI is InChI=1S/C26H24N4O2S/c1-16-15-22(17(2)29(16)18-6-10-20(31)11-7-18)25-24(23-5-3-4-14-27-23)28-26(33)30(25)19-8-12-21(32)13-9-19/h3-15,24-25,31-32H,1-2H3,(H,28,33). The Kier molecular flexibility index (Phi) is 5.26. The molecule has 0 saturated carbocycles. The van der Waals surface area contributed by atoms with Crippen molar-refractivity contribution in [2.45, 2.75) is 25.9 Å². The van der Waals surface area contributed by atoms with Crippen molar-refractivity contribution in [3.05, 3.63) is 102 Å². The highest BCUT2D eigenvalue weighted by molar-refractivity contribution is 7.80. The minimum atomic E-state index is -0.152. The summed E-state index contributed by atoms with van der Waals surface area (Å²) in [6, 6.07) is 22.1. The number of benzene rings is 2. The molecule has 0 bridgehead atoms. The number of nitrogens with zero attached hydrogens (tertiary/aromatic N) is 3. The van der Waals surface area contributed by atoms with Gasteiger partial charge >= 0.3 is 0 Å². The Labute approximate surface area is 197 Å². The van der Waals surface area contributed by atoms with Crippen LogP contribution < -0.4 is 10.2 Å². The Hall–Kier alpha value is -3.84. The molecule has 2 aromatic carbocycles. The number of hydrogen-bond donors (Lipinski definition) is 3. The van der Waals surface area contributed by atoms with Crippen LogP contribution in [-0.2, 0) is 0 Å². The number of hydrogen-bond acceptors (Lipinski definition) is 4. The molecule has 3 heterocycles. The number of anilines is 1. The van der Waals surface area contributed by atoms with Crippen molar-refractivity contribution in [3.63, 3.8) is 0 Å². The van der Waals surface area contributed by atoms with E-state index in [9.17, 15) is 10.2 Å². The molecular weight excluding hydrogens is 432 g/mol. The normalized spacial score (nSPS) is 17.9. The topological polar surface area (TPSA) is 73.5 Å². The van der Waals surface area contributed by atoms with Crippen molar-refractivity contribution in [2.75, 3.05) is 4.90 Å². The van der Waals surface area contributed by atoms with Crippen LogP contribution in [0.1, 0.15) is 34.7 Å². The van der Waals surface area contributed by atoms with Crippen molar-refractivity contribution in [3.8, 4) is 17.2 Å². The van der Waals surface area contributed by atoms with E-state index >= 15 is 0 Å². The highest BCUT2D eigenvalue weighted by Gasteiger charge is 2.42. The number of pyridine rings is 1. The van der Waals surface area contributed by atoms with Gasteiger partial charge in [-0.05, 0) is 98.4 Å². The number of nitrogens with one attached hydrogen (secondary N) is 1. The van der Waals surface area contributed by atoms with Gasteiger partial charge < -0.3 is 25.0 Å². The van der Waals surface area contributed by atoms with Crippen molar-refractivity contribution in [1.29, 1.82) is 0 Å². The quantitative estimate of drug-likeness (QED) is 0.372. The first-order valence-electron chi connectivity index (χ1n) is 10.7. The molecule has 2 atom stereocenters. The average Bonchev–Trinajstić information content (AvgIpc) is 3.31. The second-order valence-electron chi connectivity index (χ2n) is 8.19. The third-order valence-electron chi connectivity index (χ3n) is 6.12. The van der Waals surface area contributed by atoms with Crippen LogP contribution in [-0.4, -0.2) is 24.9 Å². The van der Waals surface area contributed by atoms with Crippen LogP contribution in [0.3, 0.4) is 0 Å². The molecule has 7 heteroatoms. The van der Waals surface area contributed by atoms with Gasteiger partial charge in [0.05, 0.1) is 17.8 Å². The molecule has 2 unspecified atom stereocenters. The zero-order valence-corrected chi connectivity index (χ0v) is 19.1. The number of aromatic hydroxyl groups is 2. The molecule has 0 spiro atoms. The summed E-state index contributed by atoms with van der Waals surface area (Å²) in [4.78, 5) is 6.71. The molecule has 1 aliphatic rings. The van der Waals surface area contributed by atoms with E-state index in [1.807, 2.05) is 42.5 Å². The van der Waals surface area contributed by atoms with E-state index in [0.29, 0.717) is 5.11 Å². The summed E-state index contributed by atoms with van der Waals surface area (Å²) in [5.74, 6) is 0.445. The van der Waals surface area contributed by atoms with Gasteiger partial charge in [-0.1, -0.05) is 6.07 Å². The monoisotopic (exact) mass is 456 g/mol. The number of phenols is 2. The van der Waals surface area contributed by atoms with Crippen molar-refractivity contribution >= 4 is 23.0 Å². The van der Waals surface area contributed by atoms with Crippen molar-refractivity contribution < 1.29 is 10.2 Å². The van der Waals surface area contributed by atoms with Crippen LogP contribution in [0.2, 0.25) is 0 Å². The Morgan fingerprint density at radius 3 is 2.12 bits per heavy atom. The number of rotatable bonds is 4. The molecule has 166 valence electrons. The molecule has 4 aromatic rings. The molecule has 0 aliphatic carbocycles. The highest BCUT2D eigenvalue weighted by atomic mass is 32.1. The summed E-state index contributed by atoms with van der Waals surface area (Å²) in [6.45, 7) is 4.17. The lowest BCUT2D eigenvalue weighted by atomic mass is 9.96. The molecule has 1 saturated heterocycles. The molecule has 0 radical (unpaired) electrons. The van der Waals surface area contributed by atoms with Gasteiger partial charge in [-0.25, -0.2) is 0 Å². The lowest BCUT2D eigenvalue weighted by Crippen LogP contribution is -2.29. The van der Waals surface area contributed by atoms with Gasteiger partial charge in [0.1, 0.15) is 11.5 Å². The van der Waals surface area contributed by atoms with Gasteiger partial charge in [0.15, 0.2) is 5.11 Å². The molecular formula is C26H24N4O2S. The summed E-state index contributed by atoms with van der Waals surface area (Å²) >= 11 is 5.79. The fourth-order valence-electron chi connectivity index (χ4n) is 4.65. The van der Waals surface area contributed by atoms with Crippen molar-refractivity contribution in [2.24, 2.45) is 0 Å². The Morgan fingerprint density at radius 2 is 1.52 bits per heavy atom. The summed E-state index contributed by atoms with van der Waals surface area (Å²) in [5.41, 5.74) is 6.06. The SMILES string of the molecule is Cc1cc(C2C(c3ccccn3)NC(=S)N2c2ccc(O)cc2)c(C)n1-c1ccc(O)cc1. The van der Waals surface area contributed by atoms with Gasteiger partial charge in [0.25, 0.3) is 0 Å². The fourth-order valence-corrected chi connectivity index (χ4v) is 4.99. The first-order valence-corrected chi connectivity index (χ1v) is 11.1. The van der Waals surface area contributed by atoms with Crippen LogP contribution in [0.25, 0.3) is 5.69 Å². The predicted molar refractivity (Wildman–Crippen MR) is 133 cm³/mol. The first-order chi connectivity index (χ1) is 15.9. The van der Waals surface area contributed by atoms with Crippen molar-refractivity contribution in [1.82, 2.24) is 14.9 Å². The number of thiocarbonyl (C=S) groups is 1. The van der Waals surface area contributed by atoms with E-state index in [2.05, 4.69) is 39.7 Å². The summed E-state index contributed by atoms with van der Waals surface area (Å²) in [6.07, 6.45) is 1.79. The summed E-state index contributed by atoms with van der Waals surface area (Å²) in [7, 11) is 0. The first kappa shape index (κ1) is 21.0.